The lowest BCUT2D eigenvalue weighted by Crippen LogP contribution is -2.63. The van der Waals surface area contributed by atoms with E-state index in [4.69, 9.17) is 24.7 Å². The Morgan fingerprint density at radius 1 is 1.00 bits per heavy atom. The Morgan fingerprint density at radius 2 is 1.59 bits per heavy atom. The first kappa shape index (κ1) is 21.2. The van der Waals surface area contributed by atoms with Crippen LogP contribution in [0.15, 0.2) is 35.2 Å². The fraction of sp³-hybridized carbons (Fsp3) is 0.500. The summed E-state index contributed by atoms with van der Waals surface area (Å²) in [5.74, 6) is -1.59. The number of hydrogen-bond donors (Lipinski definition) is 1. The van der Waals surface area contributed by atoms with Crippen molar-refractivity contribution >= 4 is 29.7 Å². The second-order valence-corrected chi connectivity index (χ2v) is 7.17. The predicted octanol–water partition coefficient (Wildman–Crippen LogP) is 1.26. The second-order valence-electron chi connectivity index (χ2n) is 6.00. The molecule has 1 aliphatic rings. The monoisotopic (exact) mass is 397 g/mol. The number of esters is 3. The van der Waals surface area contributed by atoms with E-state index in [1.54, 1.807) is 0 Å². The van der Waals surface area contributed by atoms with Crippen LogP contribution in [0.4, 0.5) is 0 Å². The van der Waals surface area contributed by atoms with E-state index in [-0.39, 0.29) is 6.61 Å². The summed E-state index contributed by atoms with van der Waals surface area (Å²) in [6.07, 6.45) is -2.58. The van der Waals surface area contributed by atoms with Crippen LogP contribution in [0.3, 0.4) is 0 Å². The molecule has 0 aromatic heterocycles. The van der Waals surface area contributed by atoms with Crippen molar-refractivity contribution in [2.45, 2.75) is 55.5 Å². The van der Waals surface area contributed by atoms with Crippen molar-refractivity contribution in [2.75, 3.05) is 6.61 Å². The smallest absolute Gasteiger partial charge is 0.303 e. The van der Waals surface area contributed by atoms with Gasteiger partial charge in [0.25, 0.3) is 0 Å². The van der Waals surface area contributed by atoms with Crippen molar-refractivity contribution < 1.29 is 33.3 Å². The van der Waals surface area contributed by atoms with Gasteiger partial charge in [0, 0.05) is 25.7 Å². The molecule has 0 saturated carbocycles. The Kier molecular flexibility index (Phi) is 7.64. The van der Waals surface area contributed by atoms with Crippen LogP contribution in [0.5, 0.6) is 0 Å². The second kappa shape index (κ2) is 9.72. The lowest BCUT2D eigenvalue weighted by molar-refractivity contribution is -0.201. The Morgan fingerprint density at radius 3 is 2.15 bits per heavy atom. The fourth-order valence-corrected chi connectivity index (χ4v) is 3.83. The summed E-state index contributed by atoms with van der Waals surface area (Å²) in [4.78, 5) is 35.1. The Labute approximate surface area is 161 Å². The summed E-state index contributed by atoms with van der Waals surface area (Å²) >= 11 is 1.32. The molecule has 2 rings (SSSR count). The zero-order valence-corrected chi connectivity index (χ0v) is 16.1. The molecule has 1 aromatic rings. The van der Waals surface area contributed by atoms with Crippen LogP contribution in [0.1, 0.15) is 20.8 Å². The van der Waals surface area contributed by atoms with E-state index in [0.717, 1.165) is 4.90 Å². The third kappa shape index (κ3) is 6.23. The van der Waals surface area contributed by atoms with E-state index in [2.05, 4.69) is 0 Å². The van der Waals surface area contributed by atoms with Crippen molar-refractivity contribution in [3.05, 3.63) is 30.3 Å². The van der Waals surface area contributed by atoms with Gasteiger partial charge in [-0.3, -0.25) is 14.4 Å². The lowest BCUT2D eigenvalue weighted by atomic mass is 9.97. The standard InChI is InChI=1S/C18H23NO7S/c1-10(20)23-9-14-16(24-11(2)21)15(19)17(25-12(3)22)18(26-14)27-13-7-5-4-6-8-13/h4-8,14-18H,9,19H2,1-3H3. The van der Waals surface area contributed by atoms with Crippen LogP contribution in [-0.4, -0.2) is 54.3 Å². The van der Waals surface area contributed by atoms with E-state index in [1.807, 2.05) is 30.3 Å². The van der Waals surface area contributed by atoms with Gasteiger partial charge in [-0.25, -0.2) is 0 Å². The first-order valence-corrected chi connectivity index (χ1v) is 9.26. The summed E-state index contributed by atoms with van der Waals surface area (Å²) in [6.45, 7) is 3.63. The molecule has 148 valence electrons. The molecule has 5 atom stereocenters. The molecular formula is C18H23NO7S. The average Bonchev–Trinajstić information content (AvgIpc) is 2.59. The van der Waals surface area contributed by atoms with E-state index in [1.165, 1.54) is 32.5 Å². The summed E-state index contributed by atoms with van der Waals surface area (Å²) in [7, 11) is 0. The number of carbonyl (C=O) groups excluding carboxylic acids is 3. The Bertz CT molecular complexity index is 667. The molecule has 27 heavy (non-hydrogen) atoms. The summed E-state index contributed by atoms with van der Waals surface area (Å²) in [5.41, 5.74) is 5.60. The van der Waals surface area contributed by atoms with Crippen molar-refractivity contribution in [2.24, 2.45) is 5.73 Å². The number of carbonyl (C=O) groups is 3. The average molecular weight is 397 g/mol. The molecule has 1 heterocycles. The van der Waals surface area contributed by atoms with Crippen LogP contribution >= 0.6 is 11.8 Å². The van der Waals surface area contributed by atoms with Crippen molar-refractivity contribution in [3.63, 3.8) is 0 Å². The molecule has 1 aromatic carbocycles. The van der Waals surface area contributed by atoms with Gasteiger partial charge >= 0.3 is 17.9 Å². The lowest BCUT2D eigenvalue weighted by Gasteiger charge is -2.43. The molecule has 0 bridgehead atoms. The number of hydrogen-bond acceptors (Lipinski definition) is 9. The van der Waals surface area contributed by atoms with Gasteiger partial charge in [0.1, 0.15) is 24.3 Å². The molecule has 1 saturated heterocycles. The quantitative estimate of drug-likeness (QED) is 0.559. The molecule has 0 spiro atoms. The molecule has 2 N–H and O–H groups in total. The van der Waals surface area contributed by atoms with Crippen molar-refractivity contribution in [1.82, 2.24) is 0 Å². The summed E-state index contributed by atoms with van der Waals surface area (Å²) in [6, 6.07) is 8.51. The number of nitrogens with two attached hydrogens (primary N) is 1. The minimum Gasteiger partial charge on any atom is -0.463 e. The van der Waals surface area contributed by atoms with Gasteiger partial charge in [0.05, 0.1) is 6.04 Å². The van der Waals surface area contributed by atoms with E-state index in [9.17, 15) is 14.4 Å². The van der Waals surface area contributed by atoms with Gasteiger partial charge in [0.2, 0.25) is 0 Å². The van der Waals surface area contributed by atoms with Gasteiger partial charge in [-0.05, 0) is 12.1 Å². The van der Waals surface area contributed by atoms with Crippen LogP contribution in [0.25, 0.3) is 0 Å². The highest BCUT2D eigenvalue weighted by Crippen LogP contribution is 2.35. The first-order chi connectivity index (χ1) is 12.8. The number of benzene rings is 1. The largest absolute Gasteiger partial charge is 0.463 e. The molecule has 9 heteroatoms. The van der Waals surface area contributed by atoms with Crippen LogP contribution in [-0.2, 0) is 33.3 Å². The minimum atomic E-state index is -0.932. The molecule has 5 unspecified atom stereocenters. The van der Waals surface area contributed by atoms with Gasteiger partial charge in [-0.2, -0.15) is 0 Å². The van der Waals surface area contributed by atoms with Crippen molar-refractivity contribution in [1.29, 1.82) is 0 Å². The normalized spacial score (nSPS) is 27.5. The molecule has 0 radical (unpaired) electrons. The third-order valence-electron chi connectivity index (χ3n) is 3.75. The number of rotatable bonds is 6. The highest BCUT2D eigenvalue weighted by atomic mass is 32.2. The Balaban J connectivity index is 2.27. The molecule has 8 nitrogen and oxygen atoms in total. The minimum absolute atomic E-state index is 0.139. The maximum Gasteiger partial charge on any atom is 0.303 e. The molecule has 1 fully saturated rings. The van der Waals surface area contributed by atoms with Gasteiger partial charge < -0.3 is 24.7 Å². The van der Waals surface area contributed by atoms with E-state index >= 15 is 0 Å². The van der Waals surface area contributed by atoms with Crippen LogP contribution in [0, 0.1) is 0 Å². The number of ether oxygens (including phenoxy) is 4. The predicted molar refractivity (Wildman–Crippen MR) is 96.7 cm³/mol. The van der Waals surface area contributed by atoms with Gasteiger partial charge in [0.15, 0.2) is 6.10 Å². The van der Waals surface area contributed by atoms with Crippen LogP contribution < -0.4 is 5.73 Å². The zero-order chi connectivity index (χ0) is 20.0. The highest BCUT2D eigenvalue weighted by Gasteiger charge is 2.48. The number of thioether (sulfide) groups is 1. The first-order valence-electron chi connectivity index (χ1n) is 8.38. The molecular weight excluding hydrogens is 374 g/mol. The SMILES string of the molecule is CC(=O)OCC1OC(Sc2ccccc2)C(OC(C)=O)C(N)C1OC(C)=O. The van der Waals surface area contributed by atoms with E-state index in [0.29, 0.717) is 0 Å². The zero-order valence-electron chi connectivity index (χ0n) is 15.3. The molecule has 0 amide bonds. The molecule has 0 aliphatic carbocycles. The summed E-state index contributed by atoms with van der Waals surface area (Å²) < 4.78 is 21.7. The van der Waals surface area contributed by atoms with Gasteiger partial charge in [-0.1, -0.05) is 30.0 Å². The summed E-state index contributed by atoms with van der Waals surface area (Å²) in [5, 5.41) is 0. The van der Waals surface area contributed by atoms with Crippen LogP contribution in [0.2, 0.25) is 0 Å². The maximum atomic E-state index is 11.6. The maximum absolute atomic E-state index is 11.6. The third-order valence-corrected chi connectivity index (χ3v) is 4.91. The van der Waals surface area contributed by atoms with Gasteiger partial charge in [-0.15, -0.1) is 0 Å². The fourth-order valence-electron chi connectivity index (χ4n) is 2.68. The topological polar surface area (TPSA) is 114 Å². The highest BCUT2D eigenvalue weighted by molar-refractivity contribution is 7.99. The van der Waals surface area contributed by atoms with E-state index < -0.39 is 47.7 Å². The molecule has 1 aliphatic heterocycles. The Hall–Kier alpha value is -2.10. The van der Waals surface area contributed by atoms with Crippen molar-refractivity contribution in [3.8, 4) is 0 Å².